The third-order valence-corrected chi connectivity index (χ3v) is 7.55. The molecule has 1 aliphatic heterocycles. The molecule has 7 heteroatoms. The van der Waals surface area contributed by atoms with Crippen molar-refractivity contribution in [1.29, 1.82) is 0 Å². The van der Waals surface area contributed by atoms with Crippen molar-refractivity contribution in [2.45, 2.75) is 44.6 Å². The van der Waals surface area contributed by atoms with Gasteiger partial charge in [-0.2, -0.15) is 0 Å². The van der Waals surface area contributed by atoms with Crippen LogP contribution in [0.25, 0.3) is 0 Å². The first-order chi connectivity index (χ1) is 13.4. The number of anilines is 1. The molecule has 2 N–H and O–H groups in total. The zero-order valence-electron chi connectivity index (χ0n) is 17.1. The Bertz CT molecular complexity index is 739. The fraction of sp³-hybridized carbons (Fsp3) is 0.714. The molecule has 3 rings (SSSR count). The minimum absolute atomic E-state index is 0.0873. The van der Waals surface area contributed by atoms with Crippen molar-refractivity contribution >= 4 is 15.7 Å². The number of nitrogens with one attached hydrogen (secondary N) is 1. The number of aliphatic hydroxyl groups is 1. The van der Waals surface area contributed by atoms with Crippen molar-refractivity contribution in [3.05, 3.63) is 29.8 Å². The van der Waals surface area contributed by atoms with Crippen LogP contribution in [0, 0.1) is 11.8 Å². The Morgan fingerprint density at radius 1 is 1.25 bits per heavy atom. The number of fused-ring (bicyclic) bond motifs is 2. The predicted octanol–water partition coefficient (Wildman–Crippen LogP) is 2.79. The fourth-order valence-electron chi connectivity index (χ4n) is 4.83. The van der Waals surface area contributed by atoms with E-state index in [2.05, 4.69) is 16.5 Å². The van der Waals surface area contributed by atoms with Crippen LogP contribution < -0.4 is 4.72 Å². The molecule has 0 aromatic heterocycles. The van der Waals surface area contributed by atoms with Crippen molar-refractivity contribution in [3.63, 3.8) is 0 Å². The number of nitrogens with zero attached hydrogens (tertiary/aromatic N) is 1. The topological polar surface area (TPSA) is 78.9 Å². The summed E-state index contributed by atoms with van der Waals surface area (Å²) >= 11 is 0. The van der Waals surface area contributed by atoms with E-state index in [-0.39, 0.29) is 24.2 Å². The van der Waals surface area contributed by atoms with Gasteiger partial charge in [0.1, 0.15) is 0 Å². The zero-order chi connectivity index (χ0) is 20.2. The average molecular weight is 411 g/mol. The first kappa shape index (κ1) is 21.6. The van der Waals surface area contributed by atoms with Gasteiger partial charge in [-0.25, -0.2) is 8.42 Å². The second-order valence-electron chi connectivity index (χ2n) is 8.26. The average Bonchev–Trinajstić information content (AvgIpc) is 2.83. The normalized spacial score (nSPS) is 27.8. The smallest absolute Gasteiger partial charge is 0.234 e. The summed E-state index contributed by atoms with van der Waals surface area (Å²) in [4.78, 5) is 2.50. The highest BCUT2D eigenvalue weighted by molar-refractivity contribution is 7.92. The van der Waals surface area contributed by atoms with Gasteiger partial charge in [0.2, 0.25) is 10.0 Å². The number of ether oxygens (including phenoxy) is 1. The summed E-state index contributed by atoms with van der Waals surface area (Å²) < 4.78 is 31.8. The largest absolute Gasteiger partial charge is 0.384 e. The lowest BCUT2D eigenvalue weighted by molar-refractivity contribution is -0.0898. The van der Waals surface area contributed by atoms with Crippen molar-refractivity contribution in [3.8, 4) is 0 Å². The van der Waals surface area contributed by atoms with E-state index in [1.165, 1.54) is 26.4 Å². The van der Waals surface area contributed by atoms with Gasteiger partial charge in [0.05, 0.1) is 18.0 Å². The van der Waals surface area contributed by atoms with E-state index < -0.39 is 15.6 Å². The van der Waals surface area contributed by atoms with Gasteiger partial charge in [-0.3, -0.25) is 4.72 Å². The first-order valence-electron chi connectivity index (χ1n) is 10.4. The van der Waals surface area contributed by atoms with Gasteiger partial charge in [0, 0.05) is 37.7 Å². The molecule has 2 fully saturated rings. The van der Waals surface area contributed by atoms with Crippen LogP contribution in [0.1, 0.15) is 44.6 Å². The van der Waals surface area contributed by atoms with Crippen molar-refractivity contribution in [2.75, 3.05) is 43.8 Å². The van der Waals surface area contributed by atoms with Gasteiger partial charge < -0.3 is 14.7 Å². The van der Waals surface area contributed by atoms with Crippen LogP contribution in [0.4, 0.5) is 5.69 Å². The molecule has 1 saturated carbocycles. The maximum absolute atomic E-state index is 12.2. The zero-order valence-corrected chi connectivity index (χ0v) is 17.9. The van der Waals surface area contributed by atoms with Crippen LogP contribution in [0.15, 0.2) is 24.3 Å². The van der Waals surface area contributed by atoms with Crippen molar-refractivity contribution in [2.24, 2.45) is 11.8 Å². The second-order valence-corrected chi connectivity index (χ2v) is 10.1. The highest BCUT2D eigenvalue weighted by Gasteiger charge is 2.53. The number of hydrogen-bond acceptors (Lipinski definition) is 5. The van der Waals surface area contributed by atoms with Crippen LogP contribution in [-0.2, 0) is 20.4 Å². The van der Waals surface area contributed by atoms with E-state index in [4.69, 9.17) is 4.74 Å². The molecule has 2 bridgehead atoms. The highest BCUT2D eigenvalue weighted by atomic mass is 32.2. The molecular formula is C21H34N2O4S. The lowest BCUT2D eigenvalue weighted by atomic mass is 9.75. The molecule has 158 valence electrons. The molecule has 0 spiro atoms. The van der Waals surface area contributed by atoms with Crippen LogP contribution in [-0.4, -0.2) is 57.5 Å². The number of benzene rings is 1. The van der Waals surface area contributed by atoms with Gasteiger partial charge >= 0.3 is 0 Å². The number of methoxy groups -OCH3 is 1. The van der Waals surface area contributed by atoms with Gasteiger partial charge in [-0.05, 0) is 43.5 Å². The lowest BCUT2D eigenvalue weighted by Gasteiger charge is -2.45. The third-order valence-electron chi connectivity index (χ3n) is 6.30. The van der Waals surface area contributed by atoms with E-state index in [9.17, 15) is 13.5 Å². The summed E-state index contributed by atoms with van der Waals surface area (Å²) in [6, 6.07) is 7.31. The molecule has 2 aliphatic rings. The van der Waals surface area contributed by atoms with E-state index in [0.717, 1.165) is 38.0 Å². The molecule has 1 heterocycles. The lowest BCUT2D eigenvalue weighted by Crippen LogP contribution is -2.52. The van der Waals surface area contributed by atoms with Crippen LogP contribution in [0.5, 0.6) is 0 Å². The highest BCUT2D eigenvalue weighted by Crippen LogP contribution is 2.51. The van der Waals surface area contributed by atoms with Crippen LogP contribution in [0.2, 0.25) is 0 Å². The van der Waals surface area contributed by atoms with Gasteiger partial charge in [-0.15, -0.1) is 0 Å². The Morgan fingerprint density at radius 3 is 2.61 bits per heavy atom. The van der Waals surface area contributed by atoms with E-state index in [1.807, 2.05) is 18.2 Å². The molecule has 1 aromatic rings. The Balaban J connectivity index is 1.73. The van der Waals surface area contributed by atoms with Crippen molar-refractivity contribution < 1.29 is 18.3 Å². The number of rotatable bonds is 10. The Morgan fingerprint density at radius 2 is 1.96 bits per heavy atom. The number of piperidine rings is 1. The summed E-state index contributed by atoms with van der Waals surface area (Å²) in [5, 5.41) is 11.7. The van der Waals surface area contributed by atoms with Gasteiger partial charge in [0.15, 0.2) is 0 Å². The summed E-state index contributed by atoms with van der Waals surface area (Å²) in [5.41, 5.74) is 0.474. The SMILES string of the molecule is CCCCCN1CC2CCC(C1)C2(O)c1cccc(NS(=O)(=O)CCOC)c1. The Labute approximate surface area is 169 Å². The van der Waals surface area contributed by atoms with Crippen LogP contribution in [0.3, 0.4) is 0 Å². The molecule has 2 unspecified atom stereocenters. The van der Waals surface area contributed by atoms with Gasteiger partial charge in [-0.1, -0.05) is 31.9 Å². The molecule has 0 amide bonds. The van der Waals surface area contributed by atoms with E-state index >= 15 is 0 Å². The molecule has 28 heavy (non-hydrogen) atoms. The molecule has 1 aromatic carbocycles. The first-order valence-corrected chi connectivity index (χ1v) is 12.1. The summed E-state index contributed by atoms with van der Waals surface area (Å²) in [6.45, 7) is 5.31. The maximum Gasteiger partial charge on any atom is 0.234 e. The molecule has 1 aliphatic carbocycles. The Hall–Kier alpha value is -1.15. The fourth-order valence-corrected chi connectivity index (χ4v) is 5.80. The van der Waals surface area contributed by atoms with Gasteiger partial charge in [0.25, 0.3) is 0 Å². The summed E-state index contributed by atoms with van der Waals surface area (Å²) in [6.07, 6.45) is 5.73. The summed E-state index contributed by atoms with van der Waals surface area (Å²) in [5.74, 6) is 0.317. The molecule has 2 atom stereocenters. The number of likely N-dealkylation sites (tertiary alicyclic amines) is 1. The Kier molecular flexibility index (Phi) is 7.02. The molecule has 1 saturated heterocycles. The maximum atomic E-state index is 12.2. The third kappa shape index (κ3) is 4.70. The molecular weight excluding hydrogens is 376 g/mol. The van der Waals surface area contributed by atoms with E-state index in [1.54, 1.807) is 6.07 Å². The standard InChI is InChI=1S/C21H34N2O4S/c1-3-4-5-11-23-15-18-9-10-19(16-23)21(18,24)17-7-6-8-20(14-17)22-28(25,26)13-12-27-2/h6-8,14,18-19,22,24H,3-5,9-13,15-16H2,1-2H3. The summed E-state index contributed by atoms with van der Waals surface area (Å²) in [7, 11) is -1.98. The second kappa shape index (κ2) is 9.11. The minimum Gasteiger partial charge on any atom is -0.384 e. The molecule has 0 radical (unpaired) electrons. The van der Waals surface area contributed by atoms with Crippen LogP contribution >= 0.6 is 0 Å². The number of unbranched alkanes of at least 4 members (excludes halogenated alkanes) is 2. The predicted molar refractivity (Wildman–Crippen MR) is 112 cm³/mol. The number of hydrogen-bond donors (Lipinski definition) is 2. The number of sulfonamides is 1. The van der Waals surface area contributed by atoms with E-state index in [0.29, 0.717) is 5.69 Å². The quantitative estimate of drug-likeness (QED) is 0.580. The molecule has 6 nitrogen and oxygen atoms in total. The van der Waals surface area contributed by atoms with Crippen molar-refractivity contribution in [1.82, 2.24) is 4.90 Å². The monoisotopic (exact) mass is 410 g/mol. The minimum atomic E-state index is -3.46.